The quantitative estimate of drug-likeness (QED) is 0.518. The van der Waals surface area contributed by atoms with Crippen molar-refractivity contribution in [2.24, 2.45) is 7.05 Å². The average molecular weight is 370 g/mol. The maximum absolute atomic E-state index is 12.7. The van der Waals surface area contributed by atoms with Gasteiger partial charge < -0.3 is 9.30 Å². The minimum absolute atomic E-state index is 0.207. The number of benzene rings is 2. The van der Waals surface area contributed by atoms with E-state index in [-0.39, 0.29) is 11.6 Å². The Morgan fingerprint density at radius 3 is 2.41 bits per heavy atom. The molecule has 0 radical (unpaired) electrons. The maximum atomic E-state index is 12.7. The molecular weight excluding hydrogens is 357 g/mol. The third kappa shape index (κ3) is 3.33. The van der Waals surface area contributed by atoms with Crippen LogP contribution in [0.4, 0.5) is 13.2 Å². The highest BCUT2D eigenvalue weighted by atomic mass is 19.4. The van der Waals surface area contributed by atoms with Crippen LogP contribution in [-0.2, 0) is 13.2 Å². The highest BCUT2D eigenvalue weighted by molar-refractivity contribution is 5.82. The van der Waals surface area contributed by atoms with Gasteiger partial charge in [-0.1, -0.05) is 6.07 Å². The van der Waals surface area contributed by atoms with Crippen LogP contribution in [0.1, 0.15) is 5.56 Å². The summed E-state index contributed by atoms with van der Waals surface area (Å²) in [5.74, 6) is 0.449. The zero-order valence-corrected chi connectivity index (χ0v) is 14.1. The Labute approximate surface area is 152 Å². The highest BCUT2D eigenvalue weighted by Gasteiger charge is 2.30. The van der Waals surface area contributed by atoms with Crippen LogP contribution in [0.2, 0.25) is 0 Å². The van der Waals surface area contributed by atoms with E-state index in [1.54, 1.807) is 6.33 Å². The van der Waals surface area contributed by atoms with Crippen LogP contribution in [0.25, 0.3) is 22.3 Å². The lowest BCUT2D eigenvalue weighted by Crippen LogP contribution is -2.04. The van der Waals surface area contributed by atoms with Gasteiger partial charge in [-0.3, -0.25) is 0 Å². The lowest BCUT2D eigenvalue weighted by atomic mass is 10.1. The van der Waals surface area contributed by atoms with E-state index in [4.69, 9.17) is 4.74 Å². The van der Waals surface area contributed by atoms with Gasteiger partial charge in [0.15, 0.2) is 0 Å². The maximum Gasteiger partial charge on any atom is 0.416 e. The molecule has 8 heteroatoms. The molecular formula is C19H13F3N4O. The third-order valence-electron chi connectivity index (χ3n) is 4.06. The molecule has 0 aliphatic heterocycles. The molecule has 136 valence electrons. The summed E-state index contributed by atoms with van der Waals surface area (Å²) in [6, 6.07) is 10.1. The fourth-order valence-corrected chi connectivity index (χ4v) is 2.69. The molecule has 0 aliphatic carbocycles. The number of halogens is 3. The SMILES string of the molecule is Cn1cnc2ccc(-c3nccnc3Oc3ccc(C(F)(F)F)cc3)cc21. The molecule has 2 heterocycles. The van der Waals surface area contributed by atoms with Crippen LogP contribution in [0.3, 0.4) is 0 Å². The van der Waals surface area contributed by atoms with E-state index < -0.39 is 11.7 Å². The summed E-state index contributed by atoms with van der Waals surface area (Å²) >= 11 is 0. The summed E-state index contributed by atoms with van der Waals surface area (Å²) in [5, 5.41) is 0. The summed E-state index contributed by atoms with van der Waals surface area (Å²) in [4.78, 5) is 12.8. The number of nitrogens with zero attached hydrogens (tertiary/aromatic N) is 4. The Bertz CT molecular complexity index is 1100. The standard InChI is InChI=1S/C19H13F3N4O/c1-26-11-25-15-7-2-12(10-16(15)26)17-18(24-9-8-23-17)27-14-5-3-13(4-6-14)19(20,21)22/h2-11H,1H3. The number of aromatic nitrogens is 4. The number of imidazole rings is 1. The summed E-state index contributed by atoms with van der Waals surface area (Å²) in [6.45, 7) is 0. The second kappa shape index (κ2) is 6.39. The zero-order valence-electron chi connectivity index (χ0n) is 14.1. The molecule has 0 atom stereocenters. The van der Waals surface area contributed by atoms with Gasteiger partial charge in [-0.25, -0.2) is 15.0 Å². The summed E-state index contributed by atoms with van der Waals surface area (Å²) in [7, 11) is 1.88. The van der Waals surface area contributed by atoms with Gasteiger partial charge >= 0.3 is 6.18 Å². The largest absolute Gasteiger partial charge is 0.437 e. The van der Waals surface area contributed by atoms with E-state index in [1.807, 2.05) is 29.8 Å². The van der Waals surface area contributed by atoms with Crippen molar-refractivity contribution in [2.75, 3.05) is 0 Å². The van der Waals surface area contributed by atoms with E-state index in [0.717, 1.165) is 28.7 Å². The molecule has 4 rings (SSSR count). The molecule has 0 amide bonds. The van der Waals surface area contributed by atoms with Crippen LogP contribution in [0.5, 0.6) is 11.6 Å². The third-order valence-corrected chi connectivity index (χ3v) is 4.06. The Kier molecular flexibility index (Phi) is 4.02. The van der Waals surface area contributed by atoms with Crippen LogP contribution < -0.4 is 4.74 Å². The van der Waals surface area contributed by atoms with Gasteiger partial charge in [-0.2, -0.15) is 13.2 Å². The smallest absolute Gasteiger partial charge is 0.416 e. The minimum Gasteiger partial charge on any atom is -0.437 e. The second-order valence-corrected chi connectivity index (χ2v) is 5.89. The summed E-state index contributed by atoms with van der Waals surface area (Å²) in [6.07, 6.45) is 0.313. The van der Waals surface area contributed by atoms with E-state index in [9.17, 15) is 13.2 Å². The first-order chi connectivity index (χ1) is 12.9. The van der Waals surface area contributed by atoms with Gasteiger partial charge in [0.2, 0.25) is 5.88 Å². The van der Waals surface area contributed by atoms with Crippen molar-refractivity contribution in [3.63, 3.8) is 0 Å². The number of alkyl halides is 3. The number of fused-ring (bicyclic) bond motifs is 1. The molecule has 0 aliphatic rings. The van der Waals surface area contributed by atoms with E-state index >= 15 is 0 Å². The van der Waals surface area contributed by atoms with Crippen molar-refractivity contribution in [1.82, 2.24) is 19.5 Å². The van der Waals surface area contributed by atoms with E-state index in [2.05, 4.69) is 15.0 Å². The normalized spacial score (nSPS) is 11.7. The number of hydrogen-bond acceptors (Lipinski definition) is 4. The first kappa shape index (κ1) is 17.0. The molecule has 0 N–H and O–H groups in total. The molecule has 4 aromatic rings. The fraction of sp³-hybridized carbons (Fsp3) is 0.105. The molecule has 5 nitrogen and oxygen atoms in total. The molecule has 0 bridgehead atoms. The van der Waals surface area contributed by atoms with Crippen LogP contribution in [0, 0.1) is 0 Å². The van der Waals surface area contributed by atoms with Crippen LogP contribution in [-0.4, -0.2) is 19.5 Å². The van der Waals surface area contributed by atoms with Gasteiger partial charge in [-0.05, 0) is 36.4 Å². The van der Waals surface area contributed by atoms with Crippen LogP contribution in [0.15, 0.2) is 61.2 Å². The zero-order chi connectivity index (χ0) is 19.0. The first-order valence-electron chi connectivity index (χ1n) is 7.99. The van der Waals surface area contributed by atoms with Gasteiger partial charge in [0.1, 0.15) is 11.4 Å². The molecule has 0 fully saturated rings. The van der Waals surface area contributed by atoms with E-state index in [0.29, 0.717) is 5.69 Å². The van der Waals surface area contributed by atoms with Crippen molar-refractivity contribution in [3.05, 3.63) is 66.7 Å². The van der Waals surface area contributed by atoms with Crippen molar-refractivity contribution in [3.8, 4) is 22.9 Å². The number of hydrogen-bond donors (Lipinski definition) is 0. The average Bonchev–Trinajstić information content (AvgIpc) is 3.02. The summed E-state index contributed by atoms with van der Waals surface area (Å²) < 4.78 is 45.7. The highest BCUT2D eigenvalue weighted by Crippen LogP contribution is 2.33. The van der Waals surface area contributed by atoms with E-state index in [1.165, 1.54) is 24.5 Å². The minimum atomic E-state index is -4.39. The van der Waals surface area contributed by atoms with Crippen molar-refractivity contribution in [1.29, 1.82) is 0 Å². The number of ether oxygens (including phenoxy) is 1. The Hall–Kier alpha value is -3.42. The fourth-order valence-electron chi connectivity index (χ4n) is 2.69. The van der Waals surface area contributed by atoms with Gasteiger partial charge in [0.25, 0.3) is 0 Å². The lowest BCUT2D eigenvalue weighted by Gasteiger charge is -2.11. The van der Waals surface area contributed by atoms with Crippen molar-refractivity contribution in [2.45, 2.75) is 6.18 Å². The predicted octanol–water partition coefficient (Wildman–Crippen LogP) is 4.84. The molecule has 0 saturated carbocycles. The van der Waals surface area contributed by atoms with Crippen molar-refractivity contribution >= 4 is 11.0 Å². The molecule has 0 saturated heterocycles. The summed E-state index contributed by atoms with van der Waals surface area (Å²) in [5.41, 5.74) is 2.27. The first-order valence-corrected chi connectivity index (χ1v) is 7.99. The lowest BCUT2D eigenvalue weighted by molar-refractivity contribution is -0.137. The Balaban J connectivity index is 1.69. The van der Waals surface area contributed by atoms with Crippen molar-refractivity contribution < 1.29 is 17.9 Å². The molecule has 2 aromatic carbocycles. The van der Waals surface area contributed by atoms with Gasteiger partial charge in [0, 0.05) is 25.0 Å². The van der Waals surface area contributed by atoms with Crippen LogP contribution >= 0.6 is 0 Å². The second-order valence-electron chi connectivity index (χ2n) is 5.89. The molecule has 0 spiro atoms. The predicted molar refractivity (Wildman–Crippen MR) is 93.3 cm³/mol. The Morgan fingerprint density at radius 2 is 1.67 bits per heavy atom. The molecule has 27 heavy (non-hydrogen) atoms. The van der Waals surface area contributed by atoms with Gasteiger partial charge in [0.05, 0.1) is 22.9 Å². The molecule has 2 aromatic heterocycles. The monoisotopic (exact) mass is 370 g/mol. The number of aryl methyl sites for hydroxylation is 1. The number of rotatable bonds is 3. The van der Waals surface area contributed by atoms with Gasteiger partial charge in [-0.15, -0.1) is 0 Å². The molecule has 0 unspecified atom stereocenters. The Morgan fingerprint density at radius 1 is 0.926 bits per heavy atom. The topological polar surface area (TPSA) is 52.8 Å².